The van der Waals surface area contributed by atoms with E-state index in [0.717, 1.165) is 25.5 Å². The van der Waals surface area contributed by atoms with Crippen molar-refractivity contribution in [3.05, 3.63) is 23.9 Å². The maximum Gasteiger partial charge on any atom is 0.213 e. The van der Waals surface area contributed by atoms with Gasteiger partial charge in [0.2, 0.25) is 5.88 Å². The van der Waals surface area contributed by atoms with Crippen LogP contribution in [0.2, 0.25) is 0 Å². The van der Waals surface area contributed by atoms with Crippen LogP contribution in [0.1, 0.15) is 51.1 Å². The highest BCUT2D eigenvalue weighted by Gasteiger charge is 2.19. The molecule has 0 spiro atoms. The van der Waals surface area contributed by atoms with E-state index in [0.29, 0.717) is 12.1 Å². The molecule has 0 amide bonds. The first-order valence-electron chi connectivity index (χ1n) is 8.23. The van der Waals surface area contributed by atoms with E-state index in [1.807, 2.05) is 6.20 Å². The highest BCUT2D eigenvalue weighted by Crippen LogP contribution is 2.19. The van der Waals surface area contributed by atoms with Crippen molar-refractivity contribution in [1.82, 2.24) is 15.2 Å². The van der Waals surface area contributed by atoms with E-state index in [9.17, 15) is 0 Å². The fraction of sp³-hybridized carbons (Fsp3) is 0.706. The summed E-state index contributed by atoms with van der Waals surface area (Å²) in [5.74, 6) is 0.747. The van der Waals surface area contributed by atoms with Crippen molar-refractivity contribution >= 4 is 0 Å². The lowest BCUT2D eigenvalue weighted by atomic mass is 10.0. The Kier molecular flexibility index (Phi) is 6.46. The number of rotatable bonds is 7. The number of likely N-dealkylation sites (tertiary alicyclic amines) is 1. The van der Waals surface area contributed by atoms with Gasteiger partial charge in [0.15, 0.2) is 0 Å². The highest BCUT2D eigenvalue weighted by atomic mass is 16.5. The van der Waals surface area contributed by atoms with Crippen LogP contribution < -0.4 is 10.1 Å². The Hall–Kier alpha value is -1.13. The van der Waals surface area contributed by atoms with Gasteiger partial charge in [-0.1, -0.05) is 13.3 Å². The molecule has 1 saturated heterocycles. The molecular weight excluding hydrogens is 262 g/mol. The van der Waals surface area contributed by atoms with E-state index in [-0.39, 0.29) is 0 Å². The number of pyridine rings is 1. The van der Waals surface area contributed by atoms with Crippen LogP contribution >= 0.6 is 0 Å². The van der Waals surface area contributed by atoms with Crippen molar-refractivity contribution in [2.45, 2.75) is 51.6 Å². The molecule has 0 aromatic carbocycles. The number of hydrogen-bond acceptors (Lipinski definition) is 4. The average Bonchev–Trinajstić information content (AvgIpc) is 2.52. The minimum atomic E-state index is 0.340. The Morgan fingerprint density at radius 2 is 2.33 bits per heavy atom. The zero-order valence-corrected chi connectivity index (χ0v) is 13.6. The first kappa shape index (κ1) is 16.2. The van der Waals surface area contributed by atoms with E-state index in [1.54, 1.807) is 0 Å². The lowest BCUT2D eigenvalue weighted by Crippen LogP contribution is -2.40. The summed E-state index contributed by atoms with van der Waals surface area (Å²) >= 11 is 0. The summed E-state index contributed by atoms with van der Waals surface area (Å²) in [5.41, 5.74) is 1.24. The summed E-state index contributed by atoms with van der Waals surface area (Å²) in [6, 6.07) is 5.00. The van der Waals surface area contributed by atoms with Crippen molar-refractivity contribution in [3.63, 3.8) is 0 Å². The molecule has 1 fully saturated rings. The lowest BCUT2D eigenvalue weighted by molar-refractivity contribution is 0.122. The normalized spacial score (nSPS) is 21.2. The van der Waals surface area contributed by atoms with Crippen molar-refractivity contribution in [1.29, 1.82) is 0 Å². The monoisotopic (exact) mass is 291 g/mol. The first-order chi connectivity index (χ1) is 10.2. The van der Waals surface area contributed by atoms with Gasteiger partial charge in [0.1, 0.15) is 6.61 Å². The van der Waals surface area contributed by atoms with E-state index in [1.165, 1.54) is 31.4 Å². The fourth-order valence-electron chi connectivity index (χ4n) is 2.79. The minimum Gasteiger partial charge on any atom is -0.476 e. The van der Waals surface area contributed by atoms with Crippen LogP contribution in [0.3, 0.4) is 0 Å². The van der Waals surface area contributed by atoms with E-state index in [2.05, 4.69) is 48.2 Å². The van der Waals surface area contributed by atoms with Crippen LogP contribution in [0.4, 0.5) is 0 Å². The molecule has 1 aliphatic heterocycles. The van der Waals surface area contributed by atoms with Crippen LogP contribution in [0.15, 0.2) is 18.3 Å². The number of ether oxygens (including phenoxy) is 1. The van der Waals surface area contributed by atoms with Gasteiger partial charge in [-0.05, 0) is 58.0 Å². The van der Waals surface area contributed by atoms with Crippen LogP contribution in [-0.4, -0.2) is 42.7 Å². The predicted molar refractivity (Wildman–Crippen MR) is 86.7 cm³/mol. The summed E-state index contributed by atoms with van der Waals surface area (Å²) < 4.78 is 5.93. The molecule has 2 heterocycles. The molecule has 2 atom stereocenters. The number of nitrogens with one attached hydrogen (secondary N) is 1. The molecule has 4 nitrogen and oxygen atoms in total. The van der Waals surface area contributed by atoms with Crippen molar-refractivity contribution in [2.24, 2.45) is 0 Å². The third-order valence-corrected chi connectivity index (χ3v) is 4.30. The largest absolute Gasteiger partial charge is 0.476 e. The quantitative estimate of drug-likeness (QED) is 0.838. The molecule has 1 aromatic rings. The Morgan fingerprint density at radius 3 is 3.10 bits per heavy atom. The molecule has 4 heteroatoms. The van der Waals surface area contributed by atoms with Gasteiger partial charge in [-0.2, -0.15) is 0 Å². The second-order valence-corrected chi connectivity index (χ2v) is 6.04. The molecular formula is C17H29N3O. The van der Waals surface area contributed by atoms with E-state index >= 15 is 0 Å². The van der Waals surface area contributed by atoms with Crippen LogP contribution in [-0.2, 0) is 0 Å². The van der Waals surface area contributed by atoms with Gasteiger partial charge in [0.05, 0.1) is 0 Å². The van der Waals surface area contributed by atoms with Crippen LogP contribution in [0.25, 0.3) is 0 Å². The van der Waals surface area contributed by atoms with Gasteiger partial charge in [-0.15, -0.1) is 0 Å². The molecule has 0 aliphatic carbocycles. The fourth-order valence-corrected chi connectivity index (χ4v) is 2.79. The third-order valence-electron chi connectivity index (χ3n) is 4.30. The van der Waals surface area contributed by atoms with Gasteiger partial charge >= 0.3 is 0 Å². The predicted octanol–water partition coefficient (Wildman–Crippen LogP) is 3.01. The molecule has 0 radical (unpaired) electrons. The molecule has 0 saturated carbocycles. The Labute approximate surface area is 128 Å². The van der Waals surface area contributed by atoms with Gasteiger partial charge in [0, 0.05) is 24.3 Å². The SMILES string of the molecule is CCCNC(C)c1ccnc(OCC2CCCCN2C)c1. The smallest absolute Gasteiger partial charge is 0.213 e. The summed E-state index contributed by atoms with van der Waals surface area (Å²) in [4.78, 5) is 6.74. The standard InChI is InChI=1S/C17H29N3O/c1-4-9-18-14(2)15-8-10-19-17(12-15)21-13-16-7-5-6-11-20(16)3/h8,10,12,14,16,18H,4-7,9,11,13H2,1-3H3. The Balaban J connectivity index is 1.88. The zero-order chi connectivity index (χ0) is 15.1. The molecule has 2 rings (SSSR count). The maximum atomic E-state index is 5.93. The minimum absolute atomic E-state index is 0.340. The summed E-state index contributed by atoms with van der Waals surface area (Å²) in [5, 5.41) is 3.50. The molecule has 1 aromatic heterocycles. The highest BCUT2D eigenvalue weighted by molar-refractivity contribution is 5.23. The number of nitrogens with zero attached hydrogens (tertiary/aromatic N) is 2. The van der Waals surface area contributed by atoms with Crippen molar-refractivity contribution < 1.29 is 4.74 Å². The van der Waals surface area contributed by atoms with Crippen LogP contribution in [0.5, 0.6) is 5.88 Å². The molecule has 0 bridgehead atoms. The lowest BCUT2D eigenvalue weighted by Gasteiger charge is -2.32. The third kappa shape index (κ3) is 4.97. The van der Waals surface area contributed by atoms with Crippen molar-refractivity contribution in [2.75, 3.05) is 26.7 Å². The summed E-state index contributed by atoms with van der Waals surface area (Å²) in [6.45, 7) is 7.32. The van der Waals surface area contributed by atoms with Gasteiger partial charge in [-0.3, -0.25) is 0 Å². The Morgan fingerprint density at radius 1 is 1.48 bits per heavy atom. The topological polar surface area (TPSA) is 37.4 Å². The molecule has 2 unspecified atom stereocenters. The maximum absolute atomic E-state index is 5.93. The average molecular weight is 291 g/mol. The van der Waals surface area contributed by atoms with Gasteiger partial charge in [-0.25, -0.2) is 4.98 Å². The number of likely N-dealkylation sites (N-methyl/N-ethyl adjacent to an activating group) is 1. The first-order valence-corrected chi connectivity index (χ1v) is 8.23. The molecule has 118 valence electrons. The van der Waals surface area contributed by atoms with Crippen molar-refractivity contribution in [3.8, 4) is 5.88 Å². The molecule has 1 N–H and O–H groups in total. The second-order valence-electron chi connectivity index (χ2n) is 6.04. The Bertz CT molecular complexity index is 424. The van der Waals surface area contributed by atoms with Gasteiger partial charge < -0.3 is 15.0 Å². The zero-order valence-electron chi connectivity index (χ0n) is 13.6. The van der Waals surface area contributed by atoms with E-state index < -0.39 is 0 Å². The summed E-state index contributed by atoms with van der Waals surface area (Å²) in [7, 11) is 2.19. The molecule has 1 aliphatic rings. The second kappa shape index (κ2) is 8.35. The van der Waals surface area contributed by atoms with Gasteiger partial charge in [0.25, 0.3) is 0 Å². The number of hydrogen-bond donors (Lipinski definition) is 1. The summed E-state index contributed by atoms with van der Waals surface area (Å²) in [6.07, 6.45) is 6.84. The molecule has 21 heavy (non-hydrogen) atoms. The van der Waals surface area contributed by atoms with Crippen LogP contribution in [0, 0.1) is 0 Å². The number of piperidine rings is 1. The number of aromatic nitrogens is 1. The van der Waals surface area contributed by atoms with E-state index in [4.69, 9.17) is 4.74 Å².